The minimum Gasteiger partial charge on any atom is -0.492 e. The van der Waals surface area contributed by atoms with Crippen LogP contribution in [0.1, 0.15) is 0 Å². The van der Waals surface area contributed by atoms with E-state index in [1.807, 2.05) is 0 Å². The van der Waals surface area contributed by atoms with Crippen LogP contribution in [0, 0.1) is 0 Å². The molecule has 0 radical (unpaired) electrons. The van der Waals surface area contributed by atoms with E-state index in [0.717, 1.165) is 10.8 Å². The first-order valence-electron chi connectivity index (χ1n) is 3.94. The van der Waals surface area contributed by atoms with E-state index in [1.165, 1.54) is 18.2 Å². The predicted octanol–water partition coefficient (Wildman–Crippen LogP) is 2.44. The lowest BCUT2D eigenvalue weighted by molar-refractivity contribution is 0.438. The van der Waals surface area contributed by atoms with Gasteiger partial charge in [-0.25, -0.2) is 9.36 Å². The summed E-state index contributed by atoms with van der Waals surface area (Å²) in [4.78, 5) is 11.2. The van der Waals surface area contributed by atoms with Crippen molar-refractivity contribution >= 4 is 23.2 Å². The van der Waals surface area contributed by atoms with Gasteiger partial charge in [-0.1, -0.05) is 23.2 Å². The number of nitrogens with zero attached hydrogens (tertiary/aromatic N) is 1. The van der Waals surface area contributed by atoms with E-state index in [1.54, 1.807) is 0 Å². The van der Waals surface area contributed by atoms with Crippen LogP contribution in [0.25, 0.3) is 5.69 Å². The van der Waals surface area contributed by atoms with Gasteiger partial charge in [-0.05, 0) is 18.2 Å². The monoisotopic (exact) mass is 245 g/mol. The van der Waals surface area contributed by atoms with Crippen molar-refractivity contribution in [2.45, 2.75) is 0 Å². The molecule has 2 aromatic rings. The van der Waals surface area contributed by atoms with Crippen LogP contribution < -0.4 is 5.76 Å². The molecule has 1 heterocycles. The first-order valence-corrected chi connectivity index (χ1v) is 4.69. The zero-order chi connectivity index (χ0) is 11.0. The smallest absolute Gasteiger partial charge is 0.426 e. The average molecular weight is 246 g/mol. The van der Waals surface area contributed by atoms with E-state index in [-0.39, 0.29) is 5.88 Å². The summed E-state index contributed by atoms with van der Waals surface area (Å²) in [7, 11) is 0. The third-order valence-electron chi connectivity index (χ3n) is 1.78. The molecule has 4 nitrogen and oxygen atoms in total. The molecule has 0 amide bonds. The van der Waals surface area contributed by atoms with Crippen LogP contribution in [0.2, 0.25) is 10.0 Å². The topological polar surface area (TPSA) is 55.4 Å². The van der Waals surface area contributed by atoms with Crippen molar-refractivity contribution < 1.29 is 9.52 Å². The van der Waals surface area contributed by atoms with Crippen molar-refractivity contribution in [1.29, 1.82) is 0 Å². The van der Waals surface area contributed by atoms with Gasteiger partial charge in [-0.2, -0.15) is 0 Å². The van der Waals surface area contributed by atoms with Crippen LogP contribution in [-0.2, 0) is 0 Å². The summed E-state index contributed by atoms with van der Waals surface area (Å²) in [5.41, 5.74) is 0.351. The molecule has 0 aliphatic carbocycles. The number of aromatic nitrogens is 1. The maximum absolute atomic E-state index is 11.2. The molecule has 78 valence electrons. The van der Waals surface area contributed by atoms with Gasteiger partial charge in [-0.3, -0.25) is 0 Å². The number of halogens is 2. The fourth-order valence-corrected chi connectivity index (χ4v) is 1.72. The van der Waals surface area contributed by atoms with Crippen molar-refractivity contribution in [3.63, 3.8) is 0 Å². The zero-order valence-electron chi connectivity index (χ0n) is 7.28. The van der Waals surface area contributed by atoms with Gasteiger partial charge in [-0.15, -0.1) is 0 Å². The highest BCUT2D eigenvalue weighted by molar-refractivity contribution is 6.34. The van der Waals surface area contributed by atoms with Crippen molar-refractivity contribution in [3.8, 4) is 11.6 Å². The first kappa shape index (κ1) is 10.1. The normalized spacial score (nSPS) is 10.5. The summed E-state index contributed by atoms with van der Waals surface area (Å²) < 4.78 is 5.46. The van der Waals surface area contributed by atoms with Crippen molar-refractivity contribution in [2.75, 3.05) is 0 Å². The second kappa shape index (κ2) is 3.64. The molecule has 2 rings (SSSR count). The maximum Gasteiger partial charge on any atom is 0.426 e. The van der Waals surface area contributed by atoms with Crippen molar-refractivity contribution in [1.82, 2.24) is 4.57 Å². The number of aromatic hydroxyl groups is 1. The molecule has 0 saturated carbocycles. The fraction of sp³-hybridized carbons (Fsp3) is 0. The lowest BCUT2D eigenvalue weighted by Crippen LogP contribution is -2.11. The Bertz CT molecular complexity index is 538. The Hall–Kier alpha value is -1.39. The third-order valence-corrected chi connectivity index (χ3v) is 2.22. The lowest BCUT2D eigenvalue weighted by Gasteiger charge is -2.02. The molecule has 0 saturated heterocycles. The molecule has 0 aliphatic heterocycles. The SMILES string of the molecule is O=c1occ(O)n1-c1cc(Cl)cc(Cl)c1. The van der Waals surface area contributed by atoms with Gasteiger partial charge < -0.3 is 9.52 Å². The molecule has 0 spiro atoms. The molecule has 0 bridgehead atoms. The minimum absolute atomic E-state index is 0.307. The molecule has 1 aromatic heterocycles. The summed E-state index contributed by atoms with van der Waals surface area (Å²) in [6.45, 7) is 0. The number of hydrogen-bond donors (Lipinski definition) is 1. The molecule has 0 unspecified atom stereocenters. The van der Waals surface area contributed by atoms with Crippen LogP contribution in [-0.4, -0.2) is 9.67 Å². The van der Waals surface area contributed by atoms with E-state index in [0.29, 0.717) is 15.7 Å². The van der Waals surface area contributed by atoms with Crippen LogP contribution in [0.15, 0.2) is 33.7 Å². The summed E-state index contributed by atoms with van der Waals surface area (Å²) >= 11 is 11.5. The average Bonchev–Trinajstić information content (AvgIpc) is 2.44. The Balaban J connectivity index is 2.69. The first-order chi connectivity index (χ1) is 7.08. The van der Waals surface area contributed by atoms with E-state index in [9.17, 15) is 9.90 Å². The molecule has 0 aliphatic rings. The molecule has 6 heteroatoms. The van der Waals surface area contributed by atoms with Gasteiger partial charge in [0.25, 0.3) is 0 Å². The number of rotatable bonds is 1. The van der Waals surface area contributed by atoms with Crippen molar-refractivity contribution in [3.05, 3.63) is 45.1 Å². The summed E-state index contributed by atoms with van der Waals surface area (Å²) in [6, 6.07) is 4.50. The highest BCUT2D eigenvalue weighted by atomic mass is 35.5. The number of hydrogen-bond acceptors (Lipinski definition) is 3. The van der Waals surface area contributed by atoms with Crippen LogP contribution in [0.4, 0.5) is 0 Å². The van der Waals surface area contributed by atoms with Crippen LogP contribution >= 0.6 is 23.2 Å². The van der Waals surface area contributed by atoms with E-state index >= 15 is 0 Å². The second-order valence-electron chi connectivity index (χ2n) is 2.82. The summed E-state index contributed by atoms with van der Waals surface area (Å²) in [5, 5.41) is 10.1. The Morgan fingerprint density at radius 2 is 1.80 bits per heavy atom. The Morgan fingerprint density at radius 3 is 2.27 bits per heavy atom. The van der Waals surface area contributed by atoms with Gasteiger partial charge in [0.15, 0.2) is 6.26 Å². The summed E-state index contributed by atoms with van der Waals surface area (Å²) in [6.07, 6.45) is 0.942. The molecule has 15 heavy (non-hydrogen) atoms. The molecule has 1 aromatic carbocycles. The number of oxazole rings is 1. The van der Waals surface area contributed by atoms with Gasteiger partial charge in [0, 0.05) is 10.0 Å². The van der Waals surface area contributed by atoms with E-state index in [2.05, 4.69) is 4.42 Å². The van der Waals surface area contributed by atoms with E-state index < -0.39 is 5.76 Å². The van der Waals surface area contributed by atoms with Gasteiger partial charge in [0.05, 0.1) is 5.69 Å². The Labute approximate surface area is 94.3 Å². The van der Waals surface area contributed by atoms with Crippen LogP contribution in [0.3, 0.4) is 0 Å². The highest BCUT2D eigenvalue weighted by Gasteiger charge is 2.10. The minimum atomic E-state index is -0.703. The standard InChI is InChI=1S/C9H5Cl2NO3/c10-5-1-6(11)3-7(2-5)12-8(13)4-15-9(12)14/h1-4,13H. The van der Waals surface area contributed by atoms with Crippen LogP contribution in [0.5, 0.6) is 5.88 Å². The summed E-state index contributed by atoms with van der Waals surface area (Å²) in [5.74, 6) is -1.01. The maximum atomic E-state index is 11.2. The second-order valence-corrected chi connectivity index (χ2v) is 3.70. The largest absolute Gasteiger partial charge is 0.492 e. The molecular formula is C9H5Cl2NO3. The molecule has 0 fully saturated rings. The quantitative estimate of drug-likeness (QED) is 0.840. The fourth-order valence-electron chi connectivity index (χ4n) is 1.21. The zero-order valence-corrected chi connectivity index (χ0v) is 8.79. The van der Waals surface area contributed by atoms with E-state index in [4.69, 9.17) is 23.2 Å². The molecule has 1 N–H and O–H groups in total. The molecular weight excluding hydrogens is 241 g/mol. The number of benzene rings is 1. The van der Waals surface area contributed by atoms with Crippen molar-refractivity contribution in [2.24, 2.45) is 0 Å². The Kier molecular flexibility index (Phi) is 2.46. The van der Waals surface area contributed by atoms with Gasteiger partial charge >= 0.3 is 5.76 Å². The molecule has 0 atom stereocenters. The Morgan fingerprint density at radius 1 is 1.20 bits per heavy atom. The van der Waals surface area contributed by atoms with Gasteiger partial charge in [0.2, 0.25) is 5.88 Å². The lowest BCUT2D eigenvalue weighted by atomic mass is 10.3. The van der Waals surface area contributed by atoms with Gasteiger partial charge in [0.1, 0.15) is 0 Å². The predicted molar refractivity (Wildman–Crippen MR) is 56.0 cm³/mol. The highest BCUT2D eigenvalue weighted by Crippen LogP contribution is 2.23. The third kappa shape index (κ3) is 1.86.